The summed E-state index contributed by atoms with van der Waals surface area (Å²) >= 11 is 9.21. The van der Waals surface area contributed by atoms with Crippen LogP contribution < -0.4 is 5.32 Å². The molecule has 2 aromatic carbocycles. The fourth-order valence-electron chi connectivity index (χ4n) is 1.69. The van der Waals surface area contributed by atoms with Crippen molar-refractivity contribution in [2.24, 2.45) is 0 Å². The molecule has 0 aliphatic carbocycles. The maximum Gasteiger partial charge on any atom is 0.290 e. The highest BCUT2D eigenvalue weighted by molar-refractivity contribution is 9.10. The van der Waals surface area contributed by atoms with Gasteiger partial charge >= 0.3 is 0 Å². The summed E-state index contributed by atoms with van der Waals surface area (Å²) in [4.78, 5) is 0. The first-order valence-electron chi connectivity index (χ1n) is 5.61. The second kappa shape index (κ2) is 6.13. The van der Waals surface area contributed by atoms with E-state index in [9.17, 15) is 13.0 Å². The van der Waals surface area contributed by atoms with Gasteiger partial charge in [0.1, 0.15) is 0 Å². The average Bonchev–Trinajstić information content (AvgIpc) is 2.39. The number of hydrogen-bond donors (Lipinski definition) is 2. The molecule has 0 amide bonds. The molecule has 2 rings (SSSR count). The van der Waals surface area contributed by atoms with Gasteiger partial charge in [-0.15, -0.1) is 0 Å². The zero-order valence-corrected chi connectivity index (χ0v) is 13.3. The second-order valence-electron chi connectivity index (χ2n) is 4.08. The lowest BCUT2D eigenvalue weighted by molar-refractivity contribution is 0.473. The SMILES string of the molecule is O=S(=O)(O)C(Nc1ccc(Br)c(Cl)c1)c1ccccc1. The van der Waals surface area contributed by atoms with Crippen LogP contribution in [0.5, 0.6) is 0 Å². The number of benzene rings is 2. The largest absolute Gasteiger partial charge is 0.363 e. The molecule has 20 heavy (non-hydrogen) atoms. The first-order chi connectivity index (χ1) is 9.38. The lowest BCUT2D eigenvalue weighted by Gasteiger charge is -2.17. The van der Waals surface area contributed by atoms with Crippen molar-refractivity contribution in [2.75, 3.05) is 5.32 Å². The van der Waals surface area contributed by atoms with Crippen LogP contribution in [0.3, 0.4) is 0 Å². The molecule has 0 aliphatic heterocycles. The van der Waals surface area contributed by atoms with E-state index >= 15 is 0 Å². The number of nitrogens with one attached hydrogen (secondary N) is 1. The molecule has 0 aliphatic rings. The fourth-order valence-corrected chi connectivity index (χ4v) is 2.91. The minimum Gasteiger partial charge on any atom is -0.363 e. The Hall–Kier alpha value is -1.08. The van der Waals surface area contributed by atoms with E-state index in [2.05, 4.69) is 21.2 Å². The van der Waals surface area contributed by atoms with Gasteiger partial charge in [-0.3, -0.25) is 4.55 Å². The van der Waals surface area contributed by atoms with E-state index in [-0.39, 0.29) is 0 Å². The predicted octanol–water partition coefficient (Wildman–Crippen LogP) is 4.10. The third-order valence-electron chi connectivity index (χ3n) is 2.62. The molecule has 2 N–H and O–H groups in total. The summed E-state index contributed by atoms with van der Waals surface area (Å²) in [5, 5.41) is 1.95. The Morgan fingerprint density at radius 1 is 1.15 bits per heavy atom. The van der Waals surface area contributed by atoms with Crippen LogP contribution in [0.1, 0.15) is 10.9 Å². The molecule has 0 radical (unpaired) electrons. The summed E-state index contributed by atoms with van der Waals surface area (Å²) in [5.41, 5.74) is 0.929. The standard InChI is InChI=1S/C13H11BrClNO3S/c14-11-7-6-10(8-12(11)15)16-13(20(17,18)19)9-4-2-1-3-5-9/h1-8,13,16H,(H,17,18,19). The normalized spacial score (nSPS) is 12.9. The molecule has 4 nitrogen and oxygen atoms in total. The zero-order chi connectivity index (χ0) is 14.8. The molecule has 0 aromatic heterocycles. The molecule has 1 unspecified atom stereocenters. The number of hydrogen-bond acceptors (Lipinski definition) is 3. The van der Waals surface area contributed by atoms with Crippen LogP contribution in [0.2, 0.25) is 5.02 Å². The van der Waals surface area contributed by atoms with E-state index < -0.39 is 15.5 Å². The second-order valence-corrected chi connectivity index (χ2v) is 6.84. The Kier molecular flexibility index (Phi) is 4.70. The highest BCUT2D eigenvalue weighted by atomic mass is 79.9. The van der Waals surface area contributed by atoms with Crippen molar-refractivity contribution in [1.82, 2.24) is 0 Å². The molecule has 106 valence electrons. The first kappa shape index (κ1) is 15.3. The van der Waals surface area contributed by atoms with Gasteiger partial charge in [-0.2, -0.15) is 8.42 Å². The van der Waals surface area contributed by atoms with E-state index in [1.807, 2.05) is 0 Å². The van der Waals surface area contributed by atoms with Crippen molar-refractivity contribution < 1.29 is 13.0 Å². The van der Waals surface area contributed by atoms with E-state index in [0.29, 0.717) is 20.7 Å². The zero-order valence-electron chi connectivity index (χ0n) is 10.1. The summed E-state index contributed by atoms with van der Waals surface area (Å²) in [6.45, 7) is 0. The summed E-state index contributed by atoms with van der Waals surface area (Å²) < 4.78 is 33.2. The topological polar surface area (TPSA) is 66.4 Å². The minimum absolute atomic E-state index is 0.439. The van der Waals surface area contributed by atoms with Crippen molar-refractivity contribution >= 4 is 43.3 Å². The van der Waals surface area contributed by atoms with Gasteiger partial charge in [-0.1, -0.05) is 41.9 Å². The Morgan fingerprint density at radius 3 is 2.35 bits per heavy atom. The number of anilines is 1. The highest BCUT2D eigenvalue weighted by Crippen LogP contribution is 2.29. The van der Waals surface area contributed by atoms with E-state index in [0.717, 1.165) is 0 Å². The van der Waals surface area contributed by atoms with Crippen LogP contribution in [-0.2, 0) is 10.1 Å². The molecular weight excluding hydrogens is 366 g/mol. The van der Waals surface area contributed by atoms with Crippen molar-refractivity contribution in [2.45, 2.75) is 5.37 Å². The Morgan fingerprint density at radius 2 is 1.80 bits per heavy atom. The number of halogens is 2. The minimum atomic E-state index is -4.31. The molecule has 0 saturated carbocycles. The van der Waals surface area contributed by atoms with Gasteiger partial charge in [0.15, 0.2) is 5.37 Å². The average molecular weight is 377 g/mol. The lowest BCUT2D eigenvalue weighted by atomic mass is 10.2. The van der Waals surface area contributed by atoms with Crippen molar-refractivity contribution in [3.63, 3.8) is 0 Å². The highest BCUT2D eigenvalue weighted by Gasteiger charge is 2.24. The fraction of sp³-hybridized carbons (Fsp3) is 0.0769. The van der Waals surface area contributed by atoms with E-state index in [1.165, 1.54) is 0 Å². The molecule has 0 bridgehead atoms. The summed E-state index contributed by atoms with van der Waals surface area (Å²) in [7, 11) is -4.31. The monoisotopic (exact) mass is 375 g/mol. The van der Waals surface area contributed by atoms with Crippen molar-refractivity contribution in [3.05, 3.63) is 63.6 Å². The van der Waals surface area contributed by atoms with Gasteiger partial charge in [0.05, 0.1) is 5.02 Å². The Balaban J connectivity index is 2.37. The Bertz CT molecular complexity index is 707. The van der Waals surface area contributed by atoms with Gasteiger partial charge in [-0.25, -0.2) is 0 Å². The molecular formula is C13H11BrClNO3S. The van der Waals surface area contributed by atoms with Crippen LogP contribution in [0.4, 0.5) is 5.69 Å². The van der Waals surface area contributed by atoms with Crippen LogP contribution >= 0.6 is 27.5 Å². The summed E-state index contributed by atoms with van der Waals surface area (Å²) in [6.07, 6.45) is 0. The maximum absolute atomic E-state index is 11.5. The molecule has 0 heterocycles. The van der Waals surface area contributed by atoms with Gasteiger partial charge in [0.2, 0.25) is 0 Å². The molecule has 0 spiro atoms. The van der Waals surface area contributed by atoms with E-state index in [4.69, 9.17) is 11.6 Å². The molecule has 0 fully saturated rings. The van der Waals surface area contributed by atoms with Crippen LogP contribution in [-0.4, -0.2) is 13.0 Å². The summed E-state index contributed by atoms with van der Waals surface area (Å²) in [5.74, 6) is 0. The van der Waals surface area contributed by atoms with Gasteiger partial charge in [-0.05, 0) is 39.7 Å². The van der Waals surface area contributed by atoms with Crippen molar-refractivity contribution in [1.29, 1.82) is 0 Å². The van der Waals surface area contributed by atoms with Crippen molar-refractivity contribution in [3.8, 4) is 0 Å². The predicted molar refractivity (Wildman–Crippen MR) is 83.5 cm³/mol. The van der Waals surface area contributed by atoms with Gasteiger partial charge in [0, 0.05) is 10.2 Å². The van der Waals surface area contributed by atoms with Crippen LogP contribution in [0.25, 0.3) is 0 Å². The third-order valence-corrected chi connectivity index (χ3v) is 4.84. The molecule has 7 heteroatoms. The maximum atomic E-state index is 11.5. The quantitative estimate of drug-likeness (QED) is 0.788. The molecule has 0 saturated heterocycles. The lowest BCUT2D eigenvalue weighted by Crippen LogP contribution is -2.20. The molecule has 2 aromatic rings. The Labute approximate surface area is 130 Å². The van der Waals surface area contributed by atoms with E-state index in [1.54, 1.807) is 48.5 Å². The first-order valence-corrected chi connectivity index (χ1v) is 8.28. The third kappa shape index (κ3) is 3.73. The summed E-state index contributed by atoms with van der Waals surface area (Å²) in [6, 6.07) is 13.3. The smallest absolute Gasteiger partial charge is 0.290 e. The van der Waals surface area contributed by atoms with Gasteiger partial charge in [0.25, 0.3) is 10.1 Å². The van der Waals surface area contributed by atoms with Crippen LogP contribution in [0.15, 0.2) is 53.0 Å². The molecule has 1 atom stereocenters. The van der Waals surface area contributed by atoms with Crippen LogP contribution in [0, 0.1) is 0 Å². The number of rotatable bonds is 4. The van der Waals surface area contributed by atoms with Gasteiger partial charge < -0.3 is 5.32 Å².